The Morgan fingerprint density at radius 2 is 2.15 bits per heavy atom. The molecular formula is C15H22N2O3. The molecule has 1 heterocycles. The molecule has 1 atom stereocenters. The first-order chi connectivity index (χ1) is 9.32. The highest BCUT2D eigenvalue weighted by atomic mass is 16.6. The van der Waals surface area contributed by atoms with Crippen molar-refractivity contribution in [3.05, 3.63) is 29.3 Å². The number of ether oxygens (including phenoxy) is 2. The van der Waals surface area contributed by atoms with Crippen molar-refractivity contribution in [2.75, 3.05) is 20.2 Å². The van der Waals surface area contributed by atoms with E-state index in [4.69, 9.17) is 15.2 Å². The molecule has 1 aromatic rings. The van der Waals surface area contributed by atoms with Crippen LogP contribution in [0.15, 0.2) is 18.2 Å². The highest BCUT2D eigenvalue weighted by molar-refractivity contribution is 5.71. The molecule has 0 saturated carbocycles. The van der Waals surface area contributed by atoms with Crippen LogP contribution in [0.3, 0.4) is 0 Å². The number of hydrogen-bond donors (Lipinski definition) is 2. The van der Waals surface area contributed by atoms with Gasteiger partial charge in [0.1, 0.15) is 5.75 Å². The van der Waals surface area contributed by atoms with Crippen molar-refractivity contribution in [3.63, 3.8) is 0 Å². The van der Waals surface area contributed by atoms with E-state index in [2.05, 4.69) is 26.1 Å². The van der Waals surface area contributed by atoms with Crippen molar-refractivity contribution in [2.24, 2.45) is 5.73 Å². The largest absolute Gasteiger partial charge is 0.496 e. The molecule has 0 radical (unpaired) electrons. The van der Waals surface area contributed by atoms with E-state index in [1.165, 1.54) is 0 Å². The standard InChI is InChI=1S/C15H22N2O3/c1-14(2,3)11-7-10(5-6-12(11)19-4)15(8-16)9-17-13(18)20-15/h5-7H,8-9,16H2,1-4H3,(H,17,18). The van der Waals surface area contributed by atoms with Crippen LogP contribution in [0, 0.1) is 0 Å². The fraction of sp³-hybridized carbons (Fsp3) is 0.533. The van der Waals surface area contributed by atoms with Gasteiger partial charge in [-0.05, 0) is 28.7 Å². The van der Waals surface area contributed by atoms with Crippen LogP contribution in [0.25, 0.3) is 0 Å². The summed E-state index contributed by atoms with van der Waals surface area (Å²) in [7, 11) is 1.65. The molecule has 5 heteroatoms. The summed E-state index contributed by atoms with van der Waals surface area (Å²) < 4.78 is 10.8. The van der Waals surface area contributed by atoms with Crippen molar-refractivity contribution >= 4 is 6.09 Å². The zero-order valence-electron chi connectivity index (χ0n) is 12.4. The van der Waals surface area contributed by atoms with Crippen LogP contribution in [0.1, 0.15) is 31.9 Å². The molecule has 0 spiro atoms. The Kier molecular flexibility index (Phi) is 3.65. The maximum atomic E-state index is 11.4. The number of benzene rings is 1. The molecule has 1 aliphatic rings. The Morgan fingerprint density at radius 3 is 2.60 bits per heavy atom. The van der Waals surface area contributed by atoms with Crippen molar-refractivity contribution in [1.29, 1.82) is 0 Å². The summed E-state index contributed by atoms with van der Waals surface area (Å²) in [6.45, 7) is 6.97. The molecule has 1 aliphatic heterocycles. The number of amides is 1. The minimum Gasteiger partial charge on any atom is -0.496 e. The minimum atomic E-state index is -0.788. The van der Waals surface area contributed by atoms with Gasteiger partial charge in [-0.1, -0.05) is 26.8 Å². The van der Waals surface area contributed by atoms with Crippen LogP contribution >= 0.6 is 0 Å². The number of cyclic esters (lactones) is 1. The highest BCUT2D eigenvalue weighted by Gasteiger charge is 2.41. The first-order valence-corrected chi connectivity index (χ1v) is 6.68. The second-order valence-electron chi connectivity index (χ2n) is 6.11. The van der Waals surface area contributed by atoms with Crippen molar-refractivity contribution in [3.8, 4) is 5.75 Å². The minimum absolute atomic E-state index is 0.0762. The molecule has 0 bridgehead atoms. The number of nitrogens with one attached hydrogen (secondary N) is 1. The number of carbonyl (C=O) groups is 1. The normalized spacial score (nSPS) is 22.4. The summed E-state index contributed by atoms with van der Waals surface area (Å²) in [6, 6.07) is 5.83. The summed E-state index contributed by atoms with van der Waals surface area (Å²) in [5.41, 5.74) is 6.94. The fourth-order valence-corrected chi connectivity index (χ4v) is 2.43. The van der Waals surface area contributed by atoms with Gasteiger partial charge in [0.25, 0.3) is 0 Å². The van der Waals surface area contributed by atoms with Crippen molar-refractivity contribution in [2.45, 2.75) is 31.8 Å². The molecule has 2 rings (SSSR count). The molecular weight excluding hydrogens is 256 g/mol. The zero-order valence-corrected chi connectivity index (χ0v) is 12.4. The summed E-state index contributed by atoms with van der Waals surface area (Å²) in [5.74, 6) is 0.825. The van der Waals surface area contributed by atoms with E-state index in [0.29, 0.717) is 6.54 Å². The molecule has 20 heavy (non-hydrogen) atoms. The second-order valence-corrected chi connectivity index (χ2v) is 6.11. The van der Waals surface area contributed by atoms with Gasteiger partial charge in [0.2, 0.25) is 0 Å². The van der Waals surface area contributed by atoms with Crippen LogP contribution in [0.5, 0.6) is 5.75 Å². The molecule has 1 saturated heterocycles. The molecule has 5 nitrogen and oxygen atoms in total. The third-order valence-electron chi connectivity index (χ3n) is 3.67. The number of rotatable bonds is 3. The van der Waals surface area contributed by atoms with E-state index in [9.17, 15) is 4.79 Å². The Hall–Kier alpha value is -1.75. The van der Waals surface area contributed by atoms with Crippen molar-refractivity contribution in [1.82, 2.24) is 5.32 Å². The lowest BCUT2D eigenvalue weighted by Gasteiger charge is -2.29. The Balaban J connectivity index is 2.50. The molecule has 1 unspecified atom stereocenters. The van der Waals surface area contributed by atoms with Gasteiger partial charge in [0.15, 0.2) is 5.60 Å². The van der Waals surface area contributed by atoms with Gasteiger partial charge in [-0.15, -0.1) is 0 Å². The Bertz CT molecular complexity index is 522. The van der Waals surface area contributed by atoms with Crippen LogP contribution in [-0.4, -0.2) is 26.3 Å². The number of alkyl carbamates (subject to hydrolysis) is 1. The number of carbonyl (C=O) groups excluding carboxylic acids is 1. The second kappa shape index (κ2) is 4.98. The van der Waals surface area contributed by atoms with Crippen LogP contribution in [0.2, 0.25) is 0 Å². The average molecular weight is 278 g/mol. The van der Waals surface area contributed by atoms with Gasteiger partial charge < -0.3 is 20.5 Å². The smallest absolute Gasteiger partial charge is 0.408 e. The van der Waals surface area contributed by atoms with Crippen molar-refractivity contribution < 1.29 is 14.3 Å². The predicted octanol–water partition coefficient (Wildman–Crippen LogP) is 1.89. The average Bonchev–Trinajstić information content (AvgIpc) is 2.80. The molecule has 0 aromatic heterocycles. The van der Waals surface area contributed by atoms with Crippen LogP contribution in [0.4, 0.5) is 4.79 Å². The molecule has 3 N–H and O–H groups in total. The third kappa shape index (κ3) is 2.45. The maximum Gasteiger partial charge on any atom is 0.408 e. The number of methoxy groups -OCH3 is 1. The van der Waals surface area contributed by atoms with Gasteiger partial charge >= 0.3 is 6.09 Å². The lowest BCUT2D eigenvalue weighted by molar-refractivity contribution is 0.0616. The Morgan fingerprint density at radius 1 is 1.45 bits per heavy atom. The quantitative estimate of drug-likeness (QED) is 0.885. The summed E-state index contributed by atoms with van der Waals surface area (Å²) in [4.78, 5) is 11.4. The summed E-state index contributed by atoms with van der Waals surface area (Å²) in [6.07, 6.45) is -0.427. The van der Waals surface area contributed by atoms with E-state index in [1.54, 1.807) is 7.11 Å². The van der Waals surface area contributed by atoms with Crippen LogP contribution < -0.4 is 15.8 Å². The van der Waals surface area contributed by atoms with Gasteiger partial charge in [0.05, 0.1) is 13.7 Å². The van der Waals surface area contributed by atoms with Gasteiger partial charge in [-0.3, -0.25) is 0 Å². The van der Waals surface area contributed by atoms with E-state index in [0.717, 1.165) is 16.9 Å². The topological polar surface area (TPSA) is 73.6 Å². The molecule has 1 aromatic carbocycles. The first-order valence-electron chi connectivity index (χ1n) is 6.68. The highest BCUT2D eigenvalue weighted by Crippen LogP contribution is 2.36. The van der Waals surface area contributed by atoms with Crippen LogP contribution in [-0.2, 0) is 15.8 Å². The predicted molar refractivity (Wildman–Crippen MR) is 76.9 cm³/mol. The number of hydrogen-bond acceptors (Lipinski definition) is 4. The zero-order chi connectivity index (χ0) is 15.0. The fourth-order valence-electron chi connectivity index (χ4n) is 2.43. The van der Waals surface area contributed by atoms with Gasteiger partial charge in [-0.25, -0.2) is 4.79 Å². The maximum absolute atomic E-state index is 11.4. The third-order valence-corrected chi connectivity index (χ3v) is 3.67. The SMILES string of the molecule is COc1ccc(C2(CN)CNC(=O)O2)cc1C(C)(C)C. The molecule has 1 amide bonds. The molecule has 0 aliphatic carbocycles. The first kappa shape index (κ1) is 14.7. The molecule has 1 fully saturated rings. The molecule has 110 valence electrons. The lowest BCUT2D eigenvalue weighted by atomic mass is 9.82. The Labute approximate surface area is 119 Å². The monoisotopic (exact) mass is 278 g/mol. The van der Waals surface area contributed by atoms with E-state index >= 15 is 0 Å². The number of nitrogens with two attached hydrogens (primary N) is 1. The van der Waals surface area contributed by atoms with E-state index in [-0.39, 0.29) is 12.0 Å². The summed E-state index contributed by atoms with van der Waals surface area (Å²) in [5, 5.41) is 2.67. The van der Waals surface area contributed by atoms with E-state index < -0.39 is 11.7 Å². The summed E-state index contributed by atoms with van der Waals surface area (Å²) >= 11 is 0. The van der Waals surface area contributed by atoms with Gasteiger partial charge in [-0.2, -0.15) is 0 Å². The van der Waals surface area contributed by atoms with Gasteiger partial charge in [0, 0.05) is 6.54 Å². The lowest BCUT2D eigenvalue weighted by Crippen LogP contribution is -2.38. The van der Waals surface area contributed by atoms with E-state index in [1.807, 2.05) is 18.2 Å².